The van der Waals surface area contributed by atoms with Crippen LogP contribution in [0.25, 0.3) is 0 Å². The van der Waals surface area contributed by atoms with Crippen LogP contribution in [0.5, 0.6) is 0 Å². The first kappa shape index (κ1) is 36.4. The zero-order valence-corrected chi connectivity index (χ0v) is 29.4. The highest BCUT2D eigenvalue weighted by atomic mass is 16.7. The molecule has 0 radical (unpaired) electrons. The summed E-state index contributed by atoms with van der Waals surface area (Å²) in [6.45, 7) is 19.3. The number of likely N-dealkylation sites (tertiary alicyclic amines) is 1. The van der Waals surface area contributed by atoms with E-state index in [1.807, 2.05) is 6.92 Å². The minimum absolute atomic E-state index is 0.0306. The largest absolute Gasteiger partial charge is 0.463 e. The van der Waals surface area contributed by atoms with E-state index in [-0.39, 0.29) is 30.5 Å². The molecule has 9 atom stereocenters. The zero-order chi connectivity index (χ0) is 32.3. The van der Waals surface area contributed by atoms with Gasteiger partial charge in [-0.25, -0.2) is 0 Å². The second-order valence-electron chi connectivity index (χ2n) is 15.2. The van der Waals surface area contributed by atoms with Crippen LogP contribution >= 0.6 is 0 Å². The van der Waals surface area contributed by atoms with Crippen LogP contribution in [-0.4, -0.2) is 123 Å². The summed E-state index contributed by atoms with van der Waals surface area (Å²) >= 11 is 0. The van der Waals surface area contributed by atoms with Crippen LogP contribution in [0.15, 0.2) is 0 Å². The molecule has 3 saturated heterocycles. The molecule has 3 aliphatic rings. The van der Waals surface area contributed by atoms with Crippen molar-refractivity contribution in [3.05, 3.63) is 0 Å². The Hall–Kier alpha value is -1.10. The molecular formula is C34H63N3O6. The Balaban J connectivity index is 1.96. The molecule has 0 amide bonds. The van der Waals surface area contributed by atoms with Gasteiger partial charge in [-0.15, -0.1) is 0 Å². The maximum atomic E-state index is 14.2. The van der Waals surface area contributed by atoms with Gasteiger partial charge in [0.15, 0.2) is 12.1 Å². The number of hydrogen-bond donors (Lipinski definition) is 0. The minimum Gasteiger partial charge on any atom is -0.463 e. The van der Waals surface area contributed by atoms with Crippen molar-refractivity contribution in [2.24, 2.45) is 23.2 Å². The number of hydrogen-bond acceptors (Lipinski definition) is 9. The summed E-state index contributed by atoms with van der Waals surface area (Å²) in [5.41, 5.74) is -2.11. The maximum Gasteiger partial charge on any atom is 0.319 e. The van der Waals surface area contributed by atoms with Crippen molar-refractivity contribution in [3.63, 3.8) is 0 Å². The summed E-state index contributed by atoms with van der Waals surface area (Å²) in [6.07, 6.45) is 3.50. The quantitative estimate of drug-likeness (QED) is 0.320. The third-order valence-electron chi connectivity index (χ3n) is 10.6. The molecule has 0 aromatic rings. The SMILES string of the molecule is CO[C@]1(C)C[C@@H](C)CN(C)[C@@H]([C@H]2CCCN(C(C)C)C2)COC(=O)C(C)(C)C(=O)[C@H](C)[C@H]1O[C@H]1C[C@@H](N(C)C)C[C@@H](C)O1. The lowest BCUT2D eigenvalue weighted by molar-refractivity contribution is -0.263. The molecule has 3 heterocycles. The second-order valence-corrected chi connectivity index (χ2v) is 15.2. The van der Waals surface area contributed by atoms with Gasteiger partial charge in [-0.05, 0) is 107 Å². The van der Waals surface area contributed by atoms with Gasteiger partial charge < -0.3 is 28.7 Å². The molecule has 3 rings (SSSR count). The Labute approximate surface area is 262 Å². The second kappa shape index (κ2) is 15.0. The number of piperidine rings is 1. The van der Waals surface area contributed by atoms with Crippen molar-refractivity contribution >= 4 is 11.8 Å². The maximum absolute atomic E-state index is 14.2. The molecule has 0 saturated carbocycles. The topological polar surface area (TPSA) is 80.8 Å². The number of likely N-dealkylation sites (N-methyl/N-ethyl adjacent to an activating group) is 1. The van der Waals surface area contributed by atoms with Gasteiger partial charge in [0.05, 0.1) is 17.8 Å². The van der Waals surface area contributed by atoms with E-state index in [4.69, 9.17) is 18.9 Å². The molecule has 0 N–H and O–H groups in total. The monoisotopic (exact) mass is 609 g/mol. The first-order valence-corrected chi connectivity index (χ1v) is 16.7. The highest BCUT2D eigenvalue weighted by molar-refractivity contribution is 6.04. The van der Waals surface area contributed by atoms with E-state index in [2.05, 4.69) is 70.5 Å². The number of carbonyl (C=O) groups is 2. The number of nitrogens with zero attached hydrogens (tertiary/aromatic N) is 3. The summed E-state index contributed by atoms with van der Waals surface area (Å²) in [6, 6.07) is 0.856. The molecule has 9 nitrogen and oxygen atoms in total. The first-order chi connectivity index (χ1) is 20.0. The minimum atomic E-state index is -1.33. The van der Waals surface area contributed by atoms with Crippen molar-refractivity contribution in [2.45, 2.75) is 130 Å². The van der Waals surface area contributed by atoms with Crippen LogP contribution in [0.1, 0.15) is 87.5 Å². The van der Waals surface area contributed by atoms with Gasteiger partial charge >= 0.3 is 5.97 Å². The van der Waals surface area contributed by atoms with Gasteiger partial charge in [-0.1, -0.05) is 13.8 Å². The van der Waals surface area contributed by atoms with Gasteiger partial charge in [0, 0.05) is 50.7 Å². The molecule has 0 aromatic carbocycles. The van der Waals surface area contributed by atoms with E-state index >= 15 is 0 Å². The number of ketones is 1. The number of carbonyl (C=O) groups excluding carboxylic acids is 2. The molecular weight excluding hydrogens is 546 g/mol. The normalized spacial score (nSPS) is 39.7. The van der Waals surface area contributed by atoms with Crippen LogP contribution < -0.4 is 0 Å². The fourth-order valence-corrected chi connectivity index (χ4v) is 7.83. The fourth-order valence-electron chi connectivity index (χ4n) is 7.83. The van der Waals surface area contributed by atoms with Gasteiger partial charge in [-0.2, -0.15) is 0 Å². The Morgan fingerprint density at radius 3 is 2.33 bits per heavy atom. The number of ether oxygens (including phenoxy) is 4. The van der Waals surface area contributed by atoms with Crippen LogP contribution in [0, 0.1) is 23.2 Å². The number of esters is 1. The molecule has 0 spiro atoms. The molecule has 0 aromatic heterocycles. The number of methoxy groups -OCH3 is 1. The smallest absolute Gasteiger partial charge is 0.319 e. The van der Waals surface area contributed by atoms with Crippen molar-refractivity contribution in [3.8, 4) is 0 Å². The van der Waals surface area contributed by atoms with Crippen LogP contribution in [0.4, 0.5) is 0 Å². The Kier molecular flexibility index (Phi) is 12.7. The lowest BCUT2D eigenvalue weighted by atomic mass is 9.74. The summed E-state index contributed by atoms with van der Waals surface area (Å²) in [7, 11) is 8.02. The highest BCUT2D eigenvalue weighted by Crippen LogP contribution is 2.38. The van der Waals surface area contributed by atoms with Gasteiger partial charge in [0.1, 0.15) is 12.0 Å². The van der Waals surface area contributed by atoms with Crippen molar-refractivity contribution in [1.82, 2.24) is 14.7 Å². The average Bonchev–Trinajstić information content (AvgIpc) is 2.94. The number of rotatable bonds is 6. The standard InChI is InChI=1S/C34H63N3O6/c1-22(2)37-15-13-14-26(20-37)28-21-41-32(39)33(6,7)30(38)25(5)31(34(8,40-12)18-23(3)19-36(28)11)43-29-17-27(35(9)10)16-24(4)42-29/h22-29,31H,13-21H2,1-12H3/t23-,24-,25+,26+,27+,28-,29+,31-,34-/m1/s1. The first-order valence-electron chi connectivity index (χ1n) is 16.7. The fraction of sp³-hybridized carbons (Fsp3) is 0.941. The summed E-state index contributed by atoms with van der Waals surface area (Å²) in [4.78, 5) is 35.0. The van der Waals surface area contributed by atoms with Gasteiger partial charge in [0.2, 0.25) is 0 Å². The van der Waals surface area contributed by atoms with E-state index in [9.17, 15) is 9.59 Å². The van der Waals surface area contributed by atoms with Gasteiger partial charge in [-0.3, -0.25) is 14.5 Å². The zero-order valence-electron chi connectivity index (χ0n) is 29.4. The van der Waals surface area contributed by atoms with Crippen LogP contribution in [-0.2, 0) is 28.5 Å². The highest BCUT2D eigenvalue weighted by Gasteiger charge is 2.50. The average molecular weight is 610 g/mol. The lowest BCUT2D eigenvalue weighted by Gasteiger charge is -2.46. The molecule has 9 heteroatoms. The van der Waals surface area contributed by atoms with Gasteiger partial charge in [0.25, 0.3) is 0 Å². The van der Waals surface area contributed by atoms with Crippen LogP contribution in [0.2, 0.25) is 0 Å². The van der Waals surface area contributed by atoms with Crippen molar-refractivity contribution < 1.29 is 28.5 Å². The number of cyclic esters (lactones) is 1. The van der Waals surface area contributed by atoms with E-state index in [0.717, 1.165) is 38.9 Å². The van der Waals surface area contributed by atoms with E-state index < -0.39 is 35.3 Å². The lowest BCUT2D eigenvalue weighted by Crippen LogP contribution is -2.55. The molecule has 0 bridgehead atoms. The van der Waals surface area contributed by atoms with E-state index in [0.29, 0.717) is 30.8 Å². The summed E-state index contributed by atoms with van der Waals surface area (Å²) in [5, 5.41) is 0. The molecule has 0 aliphatic carbocycles. The van der Waals surface area contributed by atoms with Crippen molar-refractivity contribution in [2.75, 3.05) is 54.5 Å². The molecule has 250 valence electrons. The molecule has 43 heavy (non-hydrogen) atoms. The van der Waals surface area contributed by atoms with E-state index in [1.54, 1.807) is 21.0 Å². The Morgan fingerprint density at radius 2 is 1.72 bits per heavy atom. The predicted octanol–water partition coefficient (Wildman–Crippen LogP) is 4.47. The van der Waals surface area contributed by atoms with Crippen LogP contribution in [0.3, 0.4) is 0 Å². The summed E-state index contributed by atoms with van der Waals surface area (Å²) in [5.74, 6) is -0.672. The molecule has 3 aliphatic heterocycles. The molecule has 3 fully saturated rings. The third-order valence-corrected chi connectivity index (χ3v) is 10.6. The Bertz CT molecular complexity index is 928. The summed E-state index contributed by atoms with van der Waals surface area (Å²) < 4.78 is 25.4. The van der Waals surface area contributed by atoms with E-state index in [1.165, 1.54) is 0 Å². The number of Topliss-reactive ketones (excluding diaryl/α,β-unsaturated/α-hetero) is 1. The third kappa shape index (κ3) is 8.79. The molecule has 0 unspecified atom stereocenters. The predicted molar refractivity (Wildman–Crippen MR) is 170 cm³/mol. The van der Waals surface area contributed by atoms with Crippen molar-refractivity contribution in [1.29, 1.82) is 0 Å². The Morgan fingerprint density at radius 1 is 1.05 bits per heavy atom.